The van der Waals surface area contributed by atoms with E-state index in [1.807, 2.05) is 6.07 Å². The predicted molar refractivity (Wildman–Crippen MR) is 160 cm³/mol. The lowest BCUT2D eigenvalue weighted by Crippen LogP contribution is -2.39. The molecule has 0 N–H and O–H groups in total. The Morgan fingerprint density at radius 2 is 1.86 bits per heavy atom. The first-order chi connectivity index (χ1) is 20.6. The summed E-state index contributed by atoms with van der Waals surface area (Å²) in [4.78, 5) is 43.2. The zero-order valence-electron chi connectivity index (χ0n) is 24.4. The van der Waals surface area contributed by atoms with Crippen LogP contribution in [0, 0.1) is 24.0 Å². The fraction of sp³-hybridized carbons (Fsp3) is 0.258. The molecular formula is C31H29N3O8S. The maximum absolute atomic E-state index is 13.9. The summed E-state index contributed by atoms with van der Waals surface area (Å²) in [6.07, 6.45) is 1.60. The molecule has 2 aromatic heterocycles. The predicted octanol–water partition coefficient (Wildman–Crippen LogP) is 4.60. The van der Waals surface area contributed by atoms with Gasteiger partial charge in [-0.3, -0.25) is 19.5 Å². The second kappa shape index (κ2) is 11.7. The lowest BCUT2D eigenvalue weighted by Gasteiger charge is -2.25. The van der Waals surface area contributed by atoms with Gasteiger partial charge in [0.1, 0.15) is 11.5 Å². The number of nitro benzene ring substituents is 1. The standard InChI is InChI=1S/C31H29N3O8S/c1-7-41-30(36)27-18(4)32-31-33(28(27)19-8-10-24(39-5)25(14-19)40-6)29(35)26(43-31)15-21-9-11-23(42-21)20-12-16(2)17(3)22(13-20)34(37)38/h8-15,28H,7H2,1-6H3/b26-15-. The number of allylic oxidation sites excluding steroid dienone is 1. The minimum Gasteiger partial charge on any atom is -0.493 e. The highest BCUT2D eigenvalue weighted by atomic mass is 32.1. The van der Waals surface area contributed by atoms with Gasteiger partial charge in [0.2, 0.25) is 0 Å². The molecule has 11 nitrogen and oxygen atoms in total. The van der Waals surface area contributed by atoms with E-state index in [1.165, 1.54) is 24.9 Å². The van der Waals surface area contributed by atoms with E-state index in [0.29, 0.717) is 54.7 Å². The molecule has 1 unspecified atom stereocenters. The van der Waals surface area contributed by atoms with Gasteiger partial charge in [0.05, 0.1) is 47.6 Å². The SMILES string of the molecule is CCOC(=O)C1=C(C)N=c2s/c(=C\c3ccc(-c4cc(C)c(C)c([N+](=O)[O-])c4)o3)c(=O)n2C1c1ccc(OC)c(OC)c1. The number of furan rings is 1. The Morgan fingerprint density at radius 3 is 2.53 bits per heavy atom. The van der Waals surface area contributed by atoms with Crippen LogP contribution in [-0.4, -0.2) is 36.3 Å². The van der Waals surface area contributed by atoms with Crippen molar-refractivity contribution >= 4 is 29.1 Å². The van der Waals surface area contributed by atoms with Crippen LogP contribution in [0.3, 0.4) is 0 Å². The molecule has 0 saturated heterocycles. The number of benzene rings is 2. The number of nitrogens with zero attached hydrogens (tertiary/aromatic N) is 3. The first kappa shape index (κ1) is 29.5. The lowest BCUT2D eigenvalue weighted by molar-refractivity contribution is -0.385. The molecular weight excluding hydrogens is 574 g/mol. The topological polar surface area (TPSA) is 135 Å². The van der Waals surface area contributed by atoms with Crippen molar-refractivity contribution in [3.63, 3.8) is 0 Å². The fourth-order valence-electron chi connectivity index (χ4n) is 5.02. The summed E-state index contributed by atoms with van der Waals surface area (Å²) >= 11 is 1.16. The van der Waals surface area contributed by atoms with E-state index < -0.39 is 16.9 Å². The summed E-state index contributed by atoms with van der Waals surface area (Å²) in [7, 11) is 3.03. The largest absolute Gasteiger partial charge is 0.493 e. The van der Waals surface area contributed by atoms with Crippen molar-refractivity contribution in [1.29, 1.82) is 0 Å². The molecule has 1 aliphatic heterocycles. The van der Waals surface area contributed by atoms with Crippen LogP contribution in [0.2, 0.25) is 0 Å². The minimum atomic E-state index is -0.833. The summed E-state index contributed by atoms with van der Waals surface area (Å²) in [5.74, 6) is 1.17. The number of carbonyl (C=O) groups excluding carboxylic acids is 1. The number of methoxy groups -OCH3 is 2. The number of esters is 1. The Kier molecular flexibility index (Phi) is 8.05. The van der Waals surface area contributed by atoms with E-state index in [9.17, 15) is 19.7 Å². The number of carbonyl (C=O) groups is 1. The number of aryl methyl sites for hydroxylation is 1. The first-order valence-electron chi connectivity index (χ1n) is 13.3. The van der Waals surface area contributed by atoms with E-state index in [-0.39, 0.29) is 23.4 Å². The quantitative estimate of drug-likeness (QED) is 0.162. The van der Waals surface area contributed by atoms with E-state index >= 15 is 0 Å². The third-order valence-electron chi connectivity index (χ3n) is 7.26. The average molecular weight is 604 g/mol. The maximum Gasteiger partial charge on any atom is 0.338 e. The van der Waals surface area contributed by atoms with Gasteiger partial charge >= 0.3 is 5.97 Å². The number of hydrogen-bond acceptors (Lipinski definition) is 10. The Labute approximate surface area is 250 Å². The van der Waals surface area contributed by atoms with Gasteiger partial charge in [-0.25, -0.2) is 9.79 Å². The molecule has 4 aromatic rings. The van der Waals surface area contributed by atoms with Crippen LogP contribution >= 0.6 is 11.3 Å². The monoisotopic (exact) mass is 603 g/mol. The van der Waals surface area contributed by atoms with Gasteiger partial charge < -0.3 is 18.6 Å². The highest BCUT2D eigenvalue weighted by Gasteiger charge is 2.34. The third kappa shape index (κ3) is 5.37. The van der Waals surface area contributed by atoms with Gasteiger partial charge in [-0.15, -0.1) is 0 Å². The molecule has 0 aliphatic carbocycles. The molecule has 12 heteroatoms. The van der Waals surface area contributed by atoms with Crippen LogP contribution < -0.4 is 24.4 Å². The Balaban J connectivity index is 1.64. The van der Waals surface area contributed by atoms with Crippen molar-refractivity contribution in [3.8, 4) is 22.8 Å². The molecule has 222 valence electrons. The van der Waals surface area contributed by atoms with Crippen LogP contribution in [0.1, 0.15) is 42.3 Å². The van der Waals surface area contributed by atoms with Crippen LogP contribution in [-0.2, 0) is 9.53 Å². The van der Waals surface area contributed by atoms with Crippen molar-refractivity contribution in [3.05, 3.63) is 106 Å². The highest BCUT2D eigenvalue weighted by Crippen LogP contribution is 2.36. The molecule has 0 amide bonds. The average Bonchev–Trinajstić information content (AvgIpc) is 3.57. The summed E-state index contributed by atoms with van der Waals surface area (Å²) in [5, 5.41) is 11.5. The smallest absolute Gasteiger partial charge is 0.338 e. The number of ether oxygens (including phenoxy) is 3. The zero-order chi connectivity index (χ0) is 31.0. The summed E-state index contributed by atoms with van der Waals surface area (Å²) in [6.45, 7) is 7.08. The molecule has 43 heavy (non-hydrogen) atoms. The van der Waals surface area contributed by atoms with Crippen LogP contribution in [0.5, 0.6) is 11.5 Å². The van der Waals surface area contributed by atoms with Crippen LogP contribution in [0.25, 0.3) is 17.4 Å². The van der Waals surface area contributed by atoms with Crippen LogP contribution in [0.4, 0.5) is 5.69 Å². The summed E-state index contributed by atoms with van der Waals surface area (Å²) in [6, 6.07) is 11.1. The highest BCUT2D eigenvalue weighted by molar-refractivity contribution is 7.07. The van der Waals surface area contributed by atoms with Gasteiger partial charge in [-0.05, 0) is 69.2 Å². The summed E-state index contributed by atoms with van der Waals surface area (Å²) in [5.41, 5.74) is 2.81. The molecule has 0 saturated carbocycles. The van der Waals surface area contributed by atoms with E-state index in [2.05, 4.69) is 4.99 Å². The Bertz CT molecular complexity index is 1980. The number of fused-ring (bicyclic) bond motifs is 1. The molecule has 5 rings (SSSR count). The number of aromatic nitrogens is 1. The normalized spacial score (nSPS) is 14.7. The summed E-state index contributed by atoms with van der Waals surface area (Å²) < 4.78 is 24.0. The fourth-order valence-corrected chi connectivity index (χ4v) is 6.04. The number of thiazole rings is 1. The van der Waals surface area contributed by atoms with Gasteiger partial charge in [-0.1, -0.05) is 17.4 Å². The van der Waals surface area contributed by atoms with Gasteiger partial charge in [0, 0.05) is 23.3 Å². The van der Waals surface area contributed by atoms with E-state index in [4.69, 9.17) is 18.6 Å². The van der Waals surface area contributed by atoms with Crippen molar-refractivity contribution in [2.45, 2.75) is 33.7 Å². The first-order valence-corrected chi connectivity index (χ1v) is 14.2. The van der Waals surface area contributed by atoms with E-state index in [0.717, 1.165) is 16.9 Å². The van der Waals surface area contributed by atoms with E-state index in [1.54, 1.807) is 64.1 Å². The maximum atomic E-state index is 13.9. The Morgan fingerprint density at radius 1 is 1.12 bits per heavy atom. The molecule has 0 fully saturated rings. The minimum absolute atomic E-state index is 0.00388. The molecule has 1 aliphatic rings. The Hall–Kier alpha value is -4.97. The second-order valence-electron chi connectivity index (χ2n) is 9.81. The van der Waals surface area contributed by atoms with Gasteiger partial charge in [0.15, 0.2) is 16.3 Å². The molecule has 0 spiro atoms. The number of rotatable bonds is 8. The number of nitro groups is 1. The second-order valence-corrected chi connectivity index (χ2v) is 10.8. The van der Waals surface area contributed by atoms with Crippen molar-refractivity contribution in [2.75, 3.05) is 20.8 Å². The molecule has 1 atom stereocenters. The lowest BCUT2D eigenvalue weighted by atomic mass is 9.95. The molecule has 2 aromatic carbocycles. The number of hydrogen-bond donors (Lipinski definition) is 0. The van der Waals surface area contributed by atoms with Crippen molar-refractivity contribution in [1.82, 2.24) is 4.57 Å². The molecule has 0 bridgehead atoms. The van der Waals surface area contributed by atoms with Gasteiger partial charge in [-0.2, -0.15) is 0 Å². The zero-order valence-corrected chi connectivity index (χ0v) is 25.2. The molecule has 3 heterocycles. The van der Waals surface area contributed by atoms with Crippen molar-refractivity contribution in [2.24, 2.45) is 4.99 Å². The van der Waals surface area contributed by atoms with Crippen molar-refractivity contribution < 1.29 is 28.3 Å². The van der Waals surface area contributed by atoms with Crippen LogP contribution in [0.15, 0.2) is 67.9 Å². The molecule has 0 radical (unpaired) electrons. The van der Waals surface area contributed by atoms with Gasteiger partial charge in [0.25, 0.3) is 11.2 Å². The third-order valence-corrected chi connectivity index (χ3v) is 8.24.